The van der Waals surface area contributed by atoms with E-state index in [1.165, 1.54) is 12.7 Å². The van der Waals surface area contributed by atoms with Crippen LogP contribution in [0.15, 0.2) is 54.9 Å². The number of carbonyl (C=O) groups is 1. The lowest BCUT2D eigenvalue weighted by Gasteiger charge is -2.03. The van der Waals surface area contributed by atoms with Crippen molar-refractivity contribution in [3.05, 3.63) is 71.8 Å². The summed E-state index contributed by atoms with van der Waals surface area (Å²) >= 11 is 0. The Labute approximate surface area is 116 Å². The third kappa shape index (κ3) is 2.28. The topological polar surface area (TPSA) is 43.6 Å². The number of benzene rings is 1. The Kier molecular flexibility index (Phi) is 3.21. The molecule has 0 aliphatic heterocycles. The van der Waals surface area contributed by atoms with Gasteiger partial charge in [-0.05, 0) is 17.7 Å². The zero-order chi connectivity index (χ0) is 13.9. The van der Waals surface area contributed by atoms with E-state index < -0.39 is 0 Å². The fourth-order valence-corrected chi connectivity index (χ4v) is 2.21. The number of carbonyl (C=O) groups excluding carboxylic acids is 1. The van der Waals surface area contributed by atoms with E-state index in [2.05, 4.69) is 17.1 Å². The predicted molar refractivity (Wildman–Crippen MR) is 75.8 cm³/mol. The lowest BCUT2D eigenvalue weighted by Crippen LogP contribution is -2.02. The van der Waals surface area contributed by atoms with Crippen molar-refractivity contribution in [3.8, 4) is 0 Å². The molecule has 0 fully saturated rings. The van der Waals surface area contributed by atoms with Crippen LogP contribution in [0.25, 0.3) is 5.52 Å². The van der Waals surface area contributed by atoms with Crippen LogP contribution >= 0.6 is 0 Å². The van der Waals surface area contributed by atoms with Gasteiger partial charge in [-0.15, -0.1) is 0 Å². The molecule has 2 aromatic heterocycles. The second-order valence-corrected chi connectivity index (χ2v) is 4.54. The lowest BCUT2D eigenvalue weighted by molar-refractivity contribution is 0.0600. The molecule has 3 aromatic rings. The summed E-state index contributed by atoms with van der Waals surface area (Å²) in [5.41, 5.74) is 2.63. The van der Waals surface area contributed by atoms with Crippen molar-refractivity contribution in [2.75, 3.05) is 7.11 Å². The number of hydrogen-bond donors (Lipinski definition) is 0. The number of hydrogen-bond acceptors (Lipinski definition) is 3. The van der Waals surface area contributed by atoms with Gasteiger partial charge in [-0.1, -0.05) is 30.3 Å². The van der Waals surface area contributed by atoms with Gasteiger partial charge in [0.15, 0.2) is 0 Å². The van der Waals surface area contributed by atoms with E-state index in [0.717, 1.165) is 17.8 Å². The lowest BCUT2D eigenvalue weighted by atomic mass is 10.1. The highest BCUT2D eigenvalue weighted by Crippen LogP contribution is 2.14. The van der Waals surface area contributed by atoms with E-state index in [9.17, 15) is 4.79 Å². The van der Waals surface area contributed by atoms with Crippen LogP contribution in [-0.2, 0) is 11.2 Å². The first-order valence-electron chi connectivity index (χ1n) is 6.36. The van der Waals surface area contributed by atoms with Gasteiger partial charge >= 0.3 is 5.97 Å². The van der Waals surface area contributed by atoms with Crippen molar-refractivity contribution in [1.29, 1.82) is 0 Å². The van der Waals surface area contributed by atoms with Crippen LogP contribution in [0.2, 0.25) is 0 Å². The number of imidazole rings is 1. The molecule has 4 heteroatoms. The van der Waals surface area contributed by atoms with Crippen LogP contribution in [-0.4, -0.2) is 22.5 Å². The average molecular weight is 266 g/mol. The van der Waals surface area contributed by atoms with Crippen LogP contribution in [0.3, 0.4) is 0 Å². The number of nitrogens with zero attached hydrogens (tertiary/aromatic N) is 2. The fourth-order valence-electron chi connectivity index (χ4n) is 2.21. The van der Waals surface area contributed by atoms with E-state index >= 15 is 0 Å². The third-order valence-corrected chi connectivity index (χ3v) is 3.23. The monoisotopic (exact) mass is 266 g/mol. The van der Waals surface area contributed by atoms with Crippen molar-refractivity contribution < 1.29 is 9.53 Å². The molecule has 0 aliphatic rings. The Morgan fingerprint density at radius 3 is 2.80 bits per heavy atom. The van der Waals surface area contributed by atoms with E-state index in [0.29, 0.717) is 5.56 Å². The highest BCUT2D eigenvalue weighted by molar-refractivity contribution is 5.90. The van der Waals surface area contributed by atoms with Crippen LogP contribution < -0.4 is 0 Å². The summed E-state index contributed by atoms with van der Waals surface area (Å²) in [5, 5.41) is 0. The molecular weight excluding hydrogens is 252 g/mol. The maximum atomic E-state index is 11.5. The van der Waals surface area contributed by atoms with Gasteiger partial charge in [-0.25, -0.2) is 9.78 Å². The smallest absolute Gasteiger partial charge is 0.337 e. The third-order valence-electron chi connectivity index (χ3n) is 3.23. The predicted octanol–water partition coefficient (Wildman–Crippen LogP) is 2.71. The van der Waals surface area contributed by atoms with Gasteiger partial charge in [-0.3, -0.25) is 0 Å². The van der Waals surface area contributed by atoms with Gasteiger partial charge in [0.1, 0.15) is 5.82 Å². The Hall–Kier alpha value is -2.62. The van der Waals surface area contributed by atoms with E-state index in [1.807, 2.05) is 28.8 Å². The van der Waals surface area contributed by atoms with Crippen LogP contribution in [0, 0.1) is 0 Å². The molecule has 0 saturated heterocycles. The molecule has 0 atom stereocenters. The van der Waals surface area contributed by atoms with Gasteiger partial charge in [0.2, 0.25) is 0 Å². The minimum Gasteiger partial charge on any atom is -0.465 e. The van der Waals surface area contributed by atoms with Crippen LogP contribution in [0.4, 0.5) is 0 Å². The molecule has 3 rings (SSSR count). The molecule has 0 N–H and O–H groups in total. The SMILES string of the molecule is COC(=O)c1ccn2c(Cc3ccccc3)ncc2c1. The van der Waals surface area contributed by atoms with Gasteiger partial charge in [0.25, 0.3) is 0 Å². The van der Waals surface area contributed by atoms with Crippen LogP contribution in [0.5, 0.6) is 0 Å². The Bertz CT molecular complexity index is 748. The summed E-state index contributed by atoms with van der Waals surface area (Å²) in [6.45, 7) is 0. The van der Waals surface area contributed by atoms with Crippen LogP contribution in [0.1, 0.15) is 21.7 Å². The molecule has 2 heterocycles. The highest BCUT2D eigenvalue weighted by atomic mass is 16.5. The summed E-state index contributed by atoms with van der Waals surface area (Å²) in [4.78, 5) is 15.9. The van der Waals surface area contributed by atoms with E-state index in [1.54, 1.807) is 18.3 Å². The Balaban J connectivity index is 1.96. The minimum atomic E-state index is -0.335. The number of ether oxygens (including phenoxy) is 1. The number of esters is 1. The second kappa shape index (κ2) is 5.17. The second-order valence-electron chi connectivity index (χ2n) is 4.54. The van der Waals surface area contributed by atoms with E-state index in [-0.39, 0.29) is 5.97 Å². The molecule has 0 amide bonds. The molecule has 0 saturated carbocycles. The van der Waals surface area contributed by atoms with Gasteiger partial charge in [0, 0.05) is 12.6 Å². The highest BCUT2D eigenvalue weighted by Gasteiger charge is 2.09. The van der Waals surface area contributed by atoms with Gasteiger partial charge < -0.3 is 9.14 Å². The summed E-state index contributed by atoms with van der Waals surface area (Å²) in [6, 6.07) is 13.7. The van der Waals surface area contributed by atoms with Crippen molar-refractivity contribution in [3.63, 3.8) is 0 Å². The van der Waals surface area contributed by atoms with Crippen molar-refractivity contribution in [2.24, 2.45) is 0 Å². The number of methoxy groups -OCH3 is 1. The fraction of sp³-hybridized carbons (Fsp3) is 0.125. The van der Waals surface area contributed by atoms with Crippen molar-refractivity contribution in [2.45, 2.75) is 6.42 Å². The largest absolute Gasteiger partial charge is 0.465 e. The Morgan fingerprint density at radius 1 is 1.25 bits per heavy atom. The standard InChI is InChI=1S/C16H14N2O2/c1-20-16(19)13-7-8-18-14(10-13)11-17-15(18)9-12-5-3-2-4-6-12/h2-8,10-11H,9H2,1H3. The first-order valence-corrected chi connectivity index (χ1v) is 6.36. The first kappa shape index (κ1) is 12.4. The molecule has 0 bridgehead atoms. The molecule has 0 unspecified atom stereocenters. The Morgan fingerprint density at radius 2 is 2.05 bits per heavy atom. The molecule has 20 heavy (non-hydrogen) atoms. The summed E-state index contributed by atoms with van der Waals surface area (Å²) in [5.74, 6) is 0.612. The van der Waals surface area contributed by atoms with E-state index in [4.69, 9.17) is 4.74 Å². The minimum absolute atomic E-state index is 0.335. The quantitative estimate of drug-likeness (QED) is 0.685. The number of aromatic nitrogens is 2. The number of fused-ring (bicyclic) bond motifs is 1. The van der Waals surface area contributed by atoms with Gasteiger partial charge in [-0.2, -0.15) is 0 Å². The summed E-state index contributed by atoms with van der Waals surface area (Å²) in [7, 11) is 1.38. The molecule has 0 aliphatic carbocycles. The zero-order valence-electron chi connectivity index (χ0n) is 11.1. The maximum absolute atomic E-state index is 11.5. The normalized spacial score (nSPS) is 10.7. The molecular formula is C16H14N2O2. The maximum Gasteiger partial charge on any atom is 0.337 e. The van der Waals surface area contributed by atoms with Crippen molar-refractivity contribution >= 4 is 11.5 Å². The van der Waals surface area contributed by atoms with Gasteiger partial charge in [0.05, 0.1) is 24.4 Å². The first-order chi connectivity index (χ1) is 9.78. The zero-order valence-corrected chi connectivity index (χ0v) is 11.1. The number of rotatable bonds is 3. The summed E-state index contributed by atoms with van der Waals surface area (Å²) in [6.07, 6.45) is 4.38. The van der Waals surface area contributed by atoms with Crippen molar-refractivity contribution in [1.82, 2.24) is 9.38 Å². The molecule has 1 aromatic carbocycles. The molecule has 0 radical (unpaired) electrons. The average Bonchev–Trinajstić information content (AvgIpc) is 2.90. The summed E-state index contributed by atoms with van der Waals surface area (Å²) < 4.78 is 6.70. The molecule has 100 valence electrons. The number of pyridine rings is 1. The molecule has 0 spiro atoms. The molecule has 4 nitrogen and oxygen atoms in total.